The number of hydrogen-bond acceptors (Lipinski definition) is 2. The standard InChI is InChI=1S/C13H24O2/c1-12(2)7-11(15-9-12)8-13(3)5-4-6-14-10-13/h11H,4-10H2,1-3H3. The third kappa shape index (κ3) is 2.94. The fourth-order valence-corrected chi connectivity index (χ4v) is 2.91. The zero-order valence-corrected chi connectivity index (χ0v) is 10.3. The van der Waals surface area contributed by atoms with Gasteiger partial charge in [-0.1, -0.05) is 20.8 Å². The molecule has 2 atom stereocenters. The van der Waals surface area contributed by atoms with Crippen molar-refractivity contribution in [2.45, 2.75) is 52.6 Å². The van der Waals surface area contributed by atoms with Crippen molar-refractivity contribution in [3.8, 4) is 0 Å². The van der Waals surface area contributed by atoms with Crippen LogP contribution in [0.5, 0.6) is 0 Å². The molecule has 2 heterocycles. The molecule has 2 aliphatic rings. The van der Waals surface area contributed by atoms with Gasteiger partial charge in [0.25, 0.3) is 0 Å². The Balaban J connectivity index is 1.86. The van der Waals surface area contributed by atoms with Gasteiger partial charge in [-0.05, 0) is 36.5 Å². The smallest absolute Gasteiger partial charge is 0.0587 e. The SMILES string of the molecule is CC1(C)COC(CC2(C)CCCOC2)C1. The van der Waals surface area contributed by atoms with Crippen LogP contribution in [0.3, 0.4) is 0 Å². The Morgan fingerprint density at radius 1 is 1.20 bits per heavy atom. The van der Waals surface area contributed by atoms with E-state index in [-0.39, 0.29) is 0 Å². The maximum atomic E-state index is 5.88. The summed E-state index contributed by atoms with van der Waals surface area (Å²) in [7, 11) is 0. The molecular weight excluding hydrogens is 188 g/mol. The van der Waals surface area contributed by atoms with Gasteiger partial charge in [-0.15, -0.1) is 0 Å². The van der Waals surface area contributed by atoms with E-state index in [1.807, 2.05) is 0 Å². The predicted molar refractivity (Wildman–Crippen MR) is 60.9 cm³/mol. The second-order valence-electron chi connectivity index (χ2n) is 6.47. The summed E-state index contributed by atoms with van der Waals surface area (Å²) in [4.78, 5) is 0. The lowest BCUT2D eigenvalue weighted by Crippen LogP contribution is -2.32. The molecule has 0 bridgehead atoms. The van der Waals surface area contributed by atoms with Gasteiger partial charge in [0.1, 0.15) is 0 Å². The molecule has 0 aromatic heterocycles. The molecule has 2 nitrogen and oxygen atoms in total. The van der Waals surface area contributed by atoms with E-state index < -0.39 is 0 Å². The maximum absolute atomic E-state index is 5.88. The maximum Gasteiger partial charge on any atom is 0.0587 e. The zero-order chi connectivity index (χ0) is 10.9. The minimum Gasteiger partial charge on any atom is -0.381 e. The molecule has 0 aromatic carbocycles. The third-order valence-electron chi connectivity index (χ3n) is 3.73. The Hall–Kier alpha value is -0.0800. The zero-order valence-electron chi connectivity index (χ0n) is 10.3. The van der Waals surface area contributed by atoms with Crippen molar-refractivity contribution in [3.63, 3.8) is 0 Å². The van der Waals surface area contributed by atoms with Crippen molar-refractivity contribution in [2.75, 3.05) is 19.8 Å². The van der Waals surface area contributed by atoms with Gasteiger partial charge in [-0.2, -0.15) is 0 Å². The van der Waals surface area contributed by atoms with Crippen LogP contribution in [0.25, 0.3) is 0 Å². The Kier molecular flexibility index (Phi) is 3.09. The molecule has 2 heteroatoms. The molecule has 0 aromatic rings. The molecule has 0 amide bonds. The first kappa shape index (κ1) is 11.4. The van der Waals surface area contributed by atoms with Crippen molar-refractivity contribution in [1.82, 2.24) is 0 Å². The molecule has 0 spiro atoms. The highest BCUT2D eigenvalue weighted by atomic mass is 16.5. The fraction of sp³-hybridized carbons (Fsp3) is 1.00. The molecule has 0 N–H and O–H groups in total. The van der Waals surface area contributed by atoms with Crippen molar-refractivity contribution in [3.05, 3.63) is 0 Å². The summed E-state index contributed by atoms with van der Waals surface area (Å²) in [6.07, 6.45) is 5.37. The minimum atomic E-state index is 0.364. The lowest BCUT2D eigenvalue weighted by atomic mass is 9.77. The highest BCUT2D eigenvalue weighted by Gasteiger charge is 2.37. The largest absolute Gasteiger partial charge is 0.381 e. The molecule has 15 heavy (non-hydrogen) atoms. The summed E-state index contributed by atoms with van der Waals surface area (Å²) in [6, 6.07) is 0. The summed E-state index contributed by atoms with van der Waals surface area (Å²) in [5.74, 6) is 0. The topological polar surface area (TPSA) is 18.5 Å². The van der Waals surface area contributed by atoms with E-state index in [1.54, 1.807) is 0 Å². The van der Waals surface area contributed by atoms with Crippen LogP contribution in [0.2, 0.25) is 0 Å². The summed E-state index contributed by atoms with van der Waals surface area (Å²) in [5, 5.41) is 0. The van der Waals surface area contributed by atoms with Gasteiger partial charge in [0, 0.05) is 6.61 Å². The van der Waals surface area contributed by atoms with Gasteiger partial charge < -0.3 is 9.47 Å². The summed E-state index contributed by atoms with van der Waals surface area (Å²) in [5.41, 5.74) is 0.750. The Morgan fingerprint density at radius 2 is 2.00 bits per heavy atom. The van der Waals surface area contributed by atoms with Gasteiger partial charge >= 0.3 is 0 Å². The molecule has 0 radical (unpaired) electrons. The molecule has 2 unspecified atom stereocenters. The van der Waals surface area contributed by atoms with Crippen molar-refractivity contribution in [1.29, 1.82) is 0 Å². The Bertz CT molecular complexity index is 217. The quantitative estimate of drug-likeness (QED) is 0.700. The van der Waals surface area contributed by atoms with E-state index in [0.717, 1.165) is 19.8 Å². The second kappa shape index (κ2) is 4.06. The number of ether oxygens (including phenoxy) is 2. The summed E-state index contributed by atoms with van der Waals surface area (Å²) >= 11 is 0. The van der Waals surface area contributed by atoms with Gasteiger partial charge in [0.2, 0.25) is 0 Å². The number of rotatable bonds is 2. The molecular formula is C13H24O2. The monoisotopic (exact) mass is 212 g/mol. The molecule has 2 aliphatic heterocycles. The first-order valence-electron chi connectivity index (χ1n) is 6.19. The van der Waals surface area contributed by atoms with Crippen LogP contribution in [0.1, 0.15) is 46.5 Å². The lowest BCUT2D eigenvalue weighted by Gasteiger charge is -2.35. The van der Waals surface area contributed by atoms with Crippen LogP contribution in [-0.2, 0) is 9.47 Å². The van der Waals surface area contributed by atoms with Crippen LogP contribution >= 0.6 is 0 Å². The first-order valence-corrected chi connectivity index (χ1v) is 6.19. The van der Waals surface area contributed by atoms with E-state index >= 15 is 0 Å². The Labute approximate surface area is 93.3 Å². The van der Waals surface area contributed by atoms with Crippen LogP contribution in [0.15, 0.2) is 0 Å². The molecule has 2 fully saturated rings. The molecule has 2 rings (SSSR count). The van der Waals surface area contributed by atoms with Crippen LogP contribution in [0.4, 0.5) is 0 Å². The highest BCUT2D eigenvalue weighted by molar-refractivity contribution is 4.87. The van der Waals surface area contributed by atoms with Crippen LogP contribution < -0.4 is 0 Å². The van der Waals surface area contributed by atoms with Gasteiger partial charge in [0.05, 0.1) is 19.3 Å². The highest BCUT2D eigenvalue weighted by Crippen LogP contribution is 2.40. The molecule has 88 valence electrons. The van der Waals surface area contributed by atoms with E-state index in [1.165, 1.54) is 25.7 Å². The van der Waals surface area contributed by atoms with Crippen molar-refractivity contribution >= 4 is 0 Å². The summed E-state index contributed by atoms with van der Waals surface area (Å²) in [6.45, 7) is 9.74. The Morgan fingerprint density at radius 3 is 2.53 bits per heavy atom. The van der Waals surface area contributed by atoms with Crippen molar-refractivity contribution in [2.24, 2.45) is 10.8 Å². The molecule has 0 aliphatic carbocycles. The number of hydrogen-bond donors (Lipinski definition) is 0. The minimum absolute atomic E-state index is 0.364. The summed E-state index contributed by atoms with van der Waals surface area (Å²) < 4.78 is 11.5. The van der Waals surface area contributed by atoms with Gasteiger partial charge in [0.15, 0.2) is 0 Å². The van der Waals surface area contributed by atoms with Crippen LogP contribution in [0, 0.1) is 10.8 Å². The second-order valence-corrected chi connectivity index (χ2v) is 6.47. The first-order chi connectivity index (χ1) is 6.99. The third-order valence-corrected chi connectivity index (χ3v) is 3.73. The van der Waals surface area contributed by atoms with Gasteiger partial charge in [-0.25, -0.2) is 0 Å². The average molecular weight is 212 g/mol. The average Bonchev–Trinajstić information content (AvgIpc) is 2.45. The predicted octanol–water partition coefficient (Wildman–Crippen LogP) is 3.01. The van der Waals surface area contributed by atoms with E-state index in [2.05, 4.69) is 20.8 Å². The normalized spacial score (nSPS) is 40.6. The van der Waals surface area contributed by atoms with Gasteiger partial charge in [-0.3, -0.25) is 0 Å². The fourth-order valence-electron chi connectivity index (χ4n) is 2.91. The van der Waals surface area contributed by atoms with Crippen molar-refractivity contribution < 1.29 is 9.47 Å². The van der Waals surface area contributed by atoms with E-state index in [9.17, 15) is 0 Å². The molecule has 0 saturated carbocycles. The van der Waals surface area contributed by atoms with Crippen LogP contribution in [-0.4, -0.2) is 25.9 Å². The van der Waals surface area contributed by atoms with E-state index in [4.69, 9.17) is 9.47 Å². The molecule has 2 saturated heterocycles. The lowest BCUT2D eigenvalue weighted by molar-refractivity contribution is -0.0301. The van der Waals surface area contributed by atoms with E-state index in [0.29, 0.717) is 16.9 Å².